The van der Waals surface area contributed by atoms with Crippen LogP contribution in [0.5, 0.6) is 0 Å². The molecule has 0 aliphatic carbocycles. The highest BCUT2D eigenvalue weighted by Crippen LogP contribution is 2.20. The summed E-state index contributed by atoms with van der Waals surface area (Å²) in [4.78, 5) is 8.61. The molecule has 1 aromatic rings. The Morgan fingerprint density at radius 3 is 2.31 bits per heavy atom. The minimum atomic E-state index is 0.0986. The van der Waals surface area contributed by atoms with Crippen molar-refractivity contribution in [1.29, 1.82) is 0 Å². The lowest BCUT2D eigenvalue weighted by Gasteiger charge is -2.18. The zero-order chi connectivity index (χ0) is 12.2. The third-order valence-corrected chi connectivity index (χ3v) is 2.49. The topological polar surface area (TPSA) is 63.8 Å². The van der Waals surface area contributed by atoms with Crippen LogP contribution in [0.25, 0.3) is 0 Å². The van der Waals surface area contributed by atoms with Crippen LogP contribution < -0.4 is 11.1 Å². The van der Waals surface area contributed by atoms with Gasteiger partial charge in [-0.2, -0.15) is 0 Å². The quantitative estimate of drug-likeness (QED) is 0.817. The van der Waals surface area contributed by atoms with Gasteiger partial charge in [-0.05, 0) is 30.9 Å². The predicted octanol–water partition coefficient (Wildman–Crippen LogP) is 1.92. The first-order valence-corrected chi connectivity index (χ1v) is 5.72. The Bertz CT molecular complexity index is 313. The first kappa shape index (κ1) is 12.9. The molecule has 0 aliphatic heterocycles. The van der Waals surface area contributed by atoms with Crippen LogP contribution in [-0.4, -0.2) is 22.6 Å². The zero-order valence-corrected chi connectivity index (χ0v) is 10.6. The van der Waals surface area contributed by atoms with Gasteiger partial charge in [0.1, 0.15) is 0 Å². The van der Waals surface area contributed by atoms with Crippen LogP contribution in [0.4, 0.5) is 5.95 Å². The van der Waals surface area contributed by atoms with Gasteiger partial charge in [0.2, 0.25) is 5.95 Å². The second-order valence-corrected chi connectivity index (χ2v) is 5.17. The number of nitrogens with zero attached hydrogens (tertiary/aromatic N) is 2. The summed E-state index contributed by atoms with van der Waals surface area (Å²) in [5.74, 6) is 0.675. The number of hydrogen-bond donors (Lipinski definition) is 2. The van der Waals surface area contributed by atoms with Gasteiger partial charge in [-0.25, -0.2) is 9.97 Å². The van der Waals surface area contributed by atoms with E-state index in [0.717, 1.165) is 12.0 Å². The fraction of sp³-hybridized carbons (Fsp3) is 0.667. The van der Waals surface area contributed by atoms with E-state index in [0.29, 0.717) is 18.5 Å². The molecule has 1 heterocycles. The molecule has 0 bridgehead atoms. The summed E-state index contributed by atoms with van der Waals surface area (Å²) >= 11 is 0. The number of aromatic nitrogens is 2. The van der Waals surface area contributed by atoms with Crippen LogP contribution >= 0.6 is 0 Å². The third-order valence-electron chi connectivity index (χ3n) is 2.49. The lowest BCUT2D eigenvalue weighted by molar-refractivity contribution is 0.584. The number of nitrogens with two attached hydrogens (primary N) is 1. The SMILES string of the molecule is CC(CCN)Nc1ncc(C(C)(C)C)cn1. The molecule has 1 unspecified atom stereocenters. The fourth-order valence-corrected chi connectivity index (χ4v) is 1.33. The summed E-state index contributed by atoms with van der Waals surface area (Å²) in [6.45, 7) is 9.20. The van der Waals surface area contributed by atoms with E-state index >= 15 is 0 Å². The second-order valence-electron chi connectivity index (χ2n) is 5.17. The van der Waals surface area contributed by atoms with Crippen molar-refractivity contribution in [1.82, 2.24) is 9.97 Å². The van der Waals surface area contributed by atoms with Gasteiger partial charge in [-0.3, -0.25) is 0 Å². The lowest BCUT2D eigenvalue weighted by Crippen LogP contribution is -2.21. The van der Waals surface area contributed by atoms with Crippen molar-refractivity contribution in [3.05, 3.63) is 18.0 Å². The smallest absolute Gasteiger partial charge is 0.222 e. The van der Waals surface area contributed by atoms with Gasteiger partial charge < -0.3 is 11.1 Å². The van der Waals surface area contributed by atoms with Gasteiger partial charge in [-0.1, -0.05) is 20.8 Å². The average molecular weight is 222 g/mol. The lowest BCUT2D eigenvalue weighted by atomic mass is 9.89. The van der Waals surface area contributed by atoms with E-state index in [9.17, 15) is 0 Å². The van der Waals surface area contributed by atoms with Crippen LogP contribution in [0.3, 0.4) is 0 Å². The van der Waals surface area contributed by atoms with Crippen molar-refractivity contribution in [2.75, 3.05) is 11.9 Å². The van der Waals surface area contributed by atoms with E-state index < -0.39 is 0 Å². The summed E-state index contributed by atoms with van der Waals surface area (Å²) in [6.07, 6.45) is 4.68. The van der Waals surface area contributed by atoms with Crippen LogP contribution in [0, 0.1) is 0 Å². The molecule has 0 amide bonds. The van der Waals surface area contributed by atoms with Crippen LogP contribution in [0.1, 0.15) is 39.7 Å². The summed E-state index contributed by atoms with van der Waals surface area (Å²) in [5, 5.41) is 3.22. The molecule has 0 saturated heterocycles. The summed E-state index contributed by atoms with van der Waals surface area (Å²) in [5.41, 5.74) is 6.73. The Morgan fingerprint density at radius 2 is 1.88 bits per heavy atom. The Balaban J connectivity index is 2.65. The van der Waals surface area contributed by atoms with Gasteiger partial charge >= 0.3 is 0 Å². The molecular formula is C12H22N4. The largest absolute Gasteiger partial charge is 0.352 e. The summed E-state index contributed by atoms with van der Waals surface area (Å²) in [7, 11) is 0. The molecule has 90 valence electrons. The van der Waals surface area contributed by atoms with E-state index in [1.807, 2.05) is 12.4 Å². The number of rotatable bonds is 4. The average Bonchev–Trinajstić information content (AvgIpc) is 2.17. The van der Waals surface area contributed by atoms with Gasteiger partial charge in [0.25, 0.3) is 0 Å². The molecular weight excluding hydrogens is 200 g/mol. The van der Waals surface area contributed by atoms with Crippen molar-refractivity contribution >= 4 is 5.95 Å². The molecule has 0 spiro atoms. The number of nitrogens with one attached hydrogen (secondary N) is 1. The molecule has 1 rings (SSSR count). The molecule has 4 heteroatoms. The first-order chi connectivity index (χ1) is 7.43. The zero-order valence-electron chi connectivity index (χ0n) is 10.6. The van der Waals surface area contributed by atoms with Crippen LogP contribution in [-0.2, 0) is 5.41 Å². The highest BCUT2D eigenvalue weighted by Gasteiger charge is 2.14. The predicted molar refractivity (Wildman–Crippen MR) is 67.5 cm³/mol. The van der Waals surface area contributed by atoms with Crippen LogP contribution in [0.15, 0.2) is 12.4 Å². The third kappa shape index (κ3) is 3.77. The molecule has 0 aromatic carbocycles. The molecule has 0 aliphatic rings. The maximum Gasteiger partial charge on any atom is 0.222 e. The van der Waals surface area contributed by atoms with Crippen LogP contribution in [0.2, 0.25) is 0 Å². The molecule has 0 radical (unpaired) electrons. The summed E-state index contributed by atoms with van der Waals surface area (Å²) in [6, 6.07) is 0.311. The van der Waals surface area contributed by atoms with Crippen molar-refractivity contribution in [2.24, 2.45) is 5.73 Å². The van der Waals surface area contributed by atoms with Gasteiger partial charge in [-0.15, -0.1) is 0 Å². The van der Waals surface area contributed by atoms with Gasteiger partial charge in [0, 0.05) is 18.4 Å². The summed E-state index contributed by atoms with van der Waals surface area (Å²) < 4.78 is 0. The molecule has 0 fully saturated rings. The maximum absolute atomic E-state index is 5.48. The van der Waals surface area contributed by atoms with Crippen molar-refractivity contribution in [3.63, 3.8) is 0 Å². The van der Waals surface area contributed by atoms with Crippen molar-refractivity contribution < 1.29 is 0 Å². The minimum Gasteiger partial charge on any atom is -0.352 e. The molecule has 3 N–H and O–H groups in total. The Hall–Kier alpha value is -1.16. The Kier molecular flexibility index (Phi) is 4.24. The molecule has 4 nitrogen and oxygen atoms in total. The monoisotopic (exact) mass is 222 g/mol. The Morgan fingerprint density at radius 1 is 1.31 bits per heavy atom. The normalized spacial score (nSPS) is 13.6. The fourth-order valence-electron chi connectivity index (χ4n) is 1.33. The highest BCUT2D eigenvalue weighted by molar-refractivity contribution is 5.28. The highest BCUT2D eigenvalue weighted by atomic mass is 15.1. The molecule has 16 heavy (non-hydrogen) atoms. The van der Waals surface area contributed by atoms with E-state index in [4.69, 9.17) is 5.73 Å². The second kappa shape index (κ2) is 5.25. The molecule has 1 aromatic heterocycles. The minimum absolute atomic E-state index is 0.0986. The maximum atomic E-state index is 5.48. The van der Waals surface area contributed by atoms with E-state index in [2.05, 4.69) is 43.0 Å². The van der Waals surface area contributed by atoms with Gasteiger partial charge in [0.05, 0.1) is 0 Å². The van der Waals surface area contributed by atoms with E-state index in [1.54, 1.807) is 0 Å². The van der Waals surface area contributed by atoms with E-state index in [-0.39, 0.29) is 5.41 Å². The Labute approximate surface area is 97.7 Å². The number of hydrogen-bond acceptors (Lipinski definition) is 4. The first-order valence-electron chi connectivity index (χ1n) is 5.72. The molecule has 0 saturated carbocycles. The van der Waals surface area contributed by atoms with E-state index in [1.165, 1.54) is 0 Å². The molecule has 1 atom stereocenters. The van der Waals surface area contributed by atoms with Gasteiger partial charge in [0.15, 0.2) is 0 Å². The standard InChI is InChI=1S/C12H22N4/c1-9(5-6-13)16-11-14-7-10(8-15-11)12(2,3)4/h7-9H,5-6,13H2,1-4H3,(H,14,15,16). The van der Waals surface area contributed by atoms with Crippen molar-refractivity contribution in [2.45, 2.75) is 45.6 Å². The number of anilines is 1. The van der Waals surface area contributed by atoms with Crippen molar-refractivity contribution in [3.8, 4) is 0 Å².